The second-order valence-electron chi connectivity index (χ2n) is 3.38. The van der Waals surface area contributed by atoms with Crippen LogP contribution in [0.1, 0.15) is 6.42 Å². The number of epoxide rings is 1. The van der Waals surface area contributed by atoms with E-state index in [-0.39, 0.29) is 30.2 Å². The molecule has 0 unspecified atom stereocenters. The molecule has 3 aliphatic rings. The van der Waals surface area contributed by atoms with Gasteiger partial charge in [0.1, 0.15) is 18.3 Å². The van der Waals surface area contributed by atoms with Gasteiger partial charge in [0.15, 0.2) is 0 Å². The van der Waals surface area contributed by atoms with Crippen molar-refractivity contribution >= 4 is 5.97 Å². The lowest BCUT2D eigenvalue weighted by Crippen LogP contribution is -2.29. The van der Waals surface area contributed by atoms with E-state index < -0.39 is 6.10 Å². The van der Waals surface area contributed by atoms with Crippen LogP contribution < -0.4 is 0 Å². The summed E-state index contributed by atoms with van der Waals surface area (Å²) in [7, 11) is 0. The summed E-state index contributed by atoms with van der Waals surface area (Å²) in [6.07, 6.45) is -0.370. The van der Waals surface area contributed by atoms with Crippen molar-refractivity contribution in [2.45, 2.75) is 30.8 Å². The van der Waals surface area contributed by atoms with Crippen LogP contribution in [0.5, 0.6) is 0 Å². The summed E-state index contributed by atoms with van der Waals surface area (Å²) in [6.45, 7) is 0. The number of hydrogen-bond donors (Lipinski definition) is 1. The Hall–Kier alpha value is -0.610. The Balaban J connectivity index is 1.91. The zero-order chi connectivity index (χ0) is 7.59. The standard InChI is InChI=1S/C7H8O4/c8-3-1-2-5(10-3)4(9)7-6(2)11-7/h2,4-7,9H,1H2/t2-,4-,5+,6+,7-/m0/s1. The van der Waals surface area contributed by atoms with Gasteiger partial charge in [-0.25, -0.2) is 0 Å². The van der Waals surface area contributed by atoms with E-state index in [1.165, 1.54) is 0 Å². The maximum Gasteiger partial charge on any atom is 0.306 e. The molecular formula is C7H8O4. The van der Waals surface area contributed by atoms with E-state index >= 15 is 0 Å². The first kappa shape index (κ1) is 5.97. The molecule has 0 aromatic heterocycles. The minimum Gasteiger partial charge on any atom is -0.459 e. The summed E-state index contributed by atoms with van der Waals surface area (Å²) in [5.74, 6) is -0.0736. The van der Waals surface area contributed by atoms with Crippen LogP contribution in [0.3, 0.4) is 0 Å². The molecule has 3 fully saturated rings. The summed E-state index contributed by atoms with van der Waals surface area (Å²) >= 11 is 0. The molecule has 4 heteroatoms. The van der Waals surface area contributed by atoms with E-state index in [4.69, 9.17) is 9.47 Å². The summed E-state index contributed by atoms with van der Waals surface area (Å²) < 4.78 is 10.1. The van der Waals surface area contributed by atoms with Crippen molar-refractivity contribution in [3.8, 4) is 0 Å². The van der Waals surface area contributed by atoms with Crippen LogP contribution in [-0.2, 0) is 14.3 Å². The molecule has 2 saturated heterocycles. The van der Waals surface area contributed by atoms with Gasteiger partial charge in [-0.2, -0.15) is 0 Å². The lowest BCUT2D eigenvalue weighted by atomic mass is 10.0. The number of fused-ring (bicyclic) bond motifs is 3. The topological polar surface area (TPSA) is 59.1 Å². The van der Waals surface area contributed by atoms with Crippen LogP contribution in [-0.4, -0.2) is 35.5 Å². The van der Waals surface area contributed by atoms with Crippen molar-refractivity contribution in [1.82, 2.24) is 0 Å². The molecule has 2 aliphatic heterocycles. The van der Waals surface area contributed by atoms with E-state index in [1.54, 1.807) is 0 Å². The smallest absolute Gasteiger partial charge is 0.306 e. The fourth-order valence-electron chi connectivity index (χ4n) is 2.16. The van der Waals surface area contributed by atoms with Crippen molar-refractivity contribution in [2.75, 3.05) is 0 Å². The first-order chi connectivity index (χ1) is 5.27. The Bertz CT molecular complexity index is 218. The predicted octanol–water partition coefficient (Wildman–Crippen LogP) is -0.940. The highest BCUT2D eigenvalue weighted by molar-refractivity contribution is 5.73. The summed E-state index contributed by atoms with van der Waals surface area (Å²) in [5, 5.41) is 9.43. The fourth-order valence-corrected chi connectivity index (χ4v) is 2.16. The fraction of sp³-hybridized carbons (Fsp3) is 0.857. The van der Waals surface area contributed by atoms with E-state index in [9.17, 15) is 9.90 Å². The van der Waals surface area contributed by atoms with E-state index in [0.29, 0.717) is 6.42 Å². The summed E-state index contributed by atoms with van der Waals surface area (Å²) in [4.78, 5) is 10.8. The van der Waals surface area contributed by atoms with Gasteiger partial charge < -0.3 is 14.6 Å². The van der Waals surface area contributed by atoms with Gasteiger partial charge in [0.05, 0.1) is 12.5 Å². The average molecular weight is 156 g/mol. The Morgan fingerprint density at radius 3 is 2.91 bits per heavy atom. The molecule has 4 nitrogen and oxygen atoms in total. The number of rotatable bonds is 0. The molecule has 5 atom stereocenters. The monoisotopic (exact) mass is 156 g/mol. The maximum absolute atomic E-state index is 10.8. The summed E-state index contributed by atoms with van der Waals surface area (Å²) in [5.41, 5.74) is 0. The van der Waals surface area contributed by atoms with Crippen LogP contribution in [0, 0.1) is 5.92 Å². The van der Waals surface area contributed by atoms with Crippen molar-refractivity contribution in [3.63, 3.8) is 0 Å². The van der Waals surface area contributed by atoms with Crippen LogP contribution in [0.2, 0.25) is 0 Å². The van der Waals surface area contributed by atoms with Crippen molar-refractivity contribution in [2.24, 2.45) is 5.92 Å². The third-order valence-electron chi connectivity index (χ3n) is 2.75. The van der Waals surface area contributed by atoms with Crippen LogP contribution >= 0.6 is 0 Å². The average Bonchev–Trinajstić information content (AvgIpc) is 2.60. The highest BCUT2D eigenvalue weighted by atomic mass is 16.6. The normalized spacial score (nSPS) is 58.6. The number of aliphatic hydroxyl groups is 1. The van der Waals surface area contributed by atoms with E-state index in [0.717, 1.165) is 0 Å². The number of aliphatic hydroxyl groups excluding tert-OH is 1. The van der Waals surface area contributed by atoms with Gasteiger partial charge in [0, 0.05) is 5.92 Å². The van der Waals surface area contributed by atoms with Gasteiger partial charge in [0.25, 0.3) is 0 Å². The second-order valence-corrected chi connectivity index (χ2v) is 3.38. The Morgan fingerprint density at radius 2 is 2.18 bits per heavy atom. The zero-order valence-corrected chi connectivity index (χ0v) is 5.77. The third-order valence-corrected chi connectivity index (χ3v) is 2.75. The third kappa shape index (κ3) is 0.594. The predicted molar refractivity (Wildman–Crippen MR) is 32.7 cm³/mol. The van der Waals surface area contributed by atoms with Crippen molar-refractivity contribution in [3.05, 3.63) is 0 Å². The van der Waals surface area contributed by atoms with Gasteiger partial charge in [-0.15, -0.1) is 0 Å². The molecule has 60 valence electrons. The molecule has 0 bridgehead atoms. The quantitative estimate of drug-likeness (QED) is 0.363. The zero-order valence-electron chi connectivity index (χ0n) is 5.77. The van der Waals surface area contributed by atoms with Crippen LogP contribution in [0.25, 0.3) is 0 Å². The molecule has 0 aromatic carbocycles. The lowest BCUT2D eigenvalue weighted by molar-refractivity contribution is -0.146. The molecule has 0 spiro atoms. The first-order valence-corrected chi connectivity index (χ1v) is 3.80. The first-order valence-electron chi connectivity index (χ1n) is 3.80. The molecule has 1 saturated carbocycles. The van der Waals surface area contributed by atoms with E-state index in [2.05, 4.69) is 0 Å². The number of carbonyl (C=O) groups excluding carboxylic acids is 1. The van der Waals surface area contributed by atoms with Gasteiger partial charge in [-0.3, -0.25) is 4.79 Å². The largest absolute Gasteiger partial charge is 0.459 e. The number of esters is 1. The molecule has 0 aromatic rings. The second kappa shape index (κ2) is 1.59. The molecule has 0 amide bonds. The SMILES string of the molecule is O=C1C[C@@H]2[C@H]3O[C@H]3[C@@H](O)[C@@H]2O1. The summed E-state index contributed by atoms with van der Waals surface area (Å²) in [6, 6.07) is 0. The van der Waals surface area contributed by atoms with Crippen molar-refractivity contribution < 1.29 is 19.4 Å². The number of ether oxygens (including phenoxy) is 2. The molecular weight excluding hydrogens is 148 g/mol. The van der Waals surface area contributed by atoms with Gasteiger partial charge in [-0.1, -0.05) is 0 Å². The van der Waals surface area contributed by atoms with Gasteiger partial charge in [0.2, 0.25) is 0 Å². The van der Waals surface area contributed by atoms with E-state index in [1.807, 2.05) is 0 Å². The number of carbonyl (C=O) groups is 1. The highest BCUT2D eigenvalue weighted by Gasteiger charge is 2.65. The molecule has 2 heterocycles. The lowest BCUT2D eigenvalue weighted by Gasteiger charge is -2.14. The minimum absolute atomic E-state index is 0.0434. The highest BCUT2D eigenvalue weighted by Crippen LogP contribution is 2.49. The van der Waals surface area contributed by atoms with Gasteiger partial charge >= 0.3 is 5.97 Å². The van der Waals surface area contributed by atoms with Crippen LogP contribution in [0.4, 0.5) is 0 Å². The molecule has 3 rings (SSSR count). The molecule has 0 radical (unpaired) electrons. The van der Waals surface area contributed by atoms with Gasteiger partial charge in [-0.05, 0) is 0 Å². The Kier molecular flexibility index (Phi) is 0.863. The van der Waals surface area contributed by atoms with Crippen molar-refractivity contribution in [1.29, 1.82) is 0 Å². The van der Waals surface area contributed by atoms with Crippen LogP contribution in [0.15, 0.2) is 0 Å². The minimum atomic E-state index is -0.573. The Labute approximate surface area is 63.1 Å². The Morgan fingerprint density at radius 1 is 1.36 bits per heavy atom. The maximum atomic E-state index is 10.8. The number of hydrogen-bond acceptors (Lipinski definition) is 4. The molecule has 1 N–H and O–H groups in total. The molecule has 11 heavy (non-hydrogen) atoms. The molecule has 1 aliphatic carbocycles.